The van der Waals surface area contributed by atoms with Crippen LogP contribution < -0.4 is 16.4 Å². The predicted octanol–water partition coefficient (Wildman–Crippen LogP) is 4.46. The highest BCUT2D eigenvalue weighted by Gasteiger charge is 2.44. The first kappa shape index (κ1) is 25.4. The third-order valence-corrected chi connectivity index (χ3v) is 4.90. The smallest absolute Gasteiger partial charge is 0.204 e. The zero-order valence-corrected chi connectivity index (χ0v) is 15.9. The van der Waals surface area contributed by atoms with Gasteiger partial charge in [0.05, 0.1) is 0 Å². The van der Waals surface area contributed by atoms with Crippen molar-refractivity contribution < 1.29 is 61.5 Å². The first-order valence-electron chi connectivity index (χ1n) is 8.51. The largest absolute Gasteiger partial charge is 0.261 e. The lowest BCUT2D eigenvalue weighted by Crippen LogP contribution is -2.60. The van der Waals surface area contributed by atoms with Crippen LogP contribution in [0.4, 0.5) is 61.5 Å². The van der Waals surface area contributed by atoms with Crippen molar-refractivity contribution in [3.63, 3.8) is 0 Å². The van der Waals surface area contributed by atoms with E-state index in [1.54, 1.807) is 0 Å². The predicted molar refractivity (Wildman–Crippen MR) is 88.1 cm³/mol. The number of benzene rings is 3. The molecule has 15 heteroatoms. The maximum absolute atomic E-state index is 14.6. The van der Waals surface area contributed by atoms with Crippen LogP contribution in [0.3, 0.4) is 0 Å². The molecule has 34 heavy (non-hydrogen) atoms. The molecule has 3 aromatic carbocycles. The van der Waals surface area contributed by atoms with E-state index in [1.807, 2.05) is 0 Å². The van der Waals surface area contributed by atoms with Gasteiger partial charge in [0.15, 0.2) is 81.4 Å². The number of hydrogen-bond donors (Lipinski definition) is 0. The monoisotopic (exact) mass is 508 g/mol. The second-order valence-electron chi connectivity index (χ2n) is 6.69. The maximum Gasteiger partial charge on any atom is 0.261 e. The molecular weight excluding hydrogens is 505 g/mol. The molecule has 0 aliphatic heterocycles. The lowest BCUT2D eigenvalue weighted by atomic mass is 9.35. The van der Waals surface area contributed by atoms with Crippen molar-refractivity contribution in [2.24, 2.45) is 0 Å². The van der Waals surface area contributed by atoms with Crippen molar-refractivity contribution in [1.82, 2.24) is 0 Å². The van der Waals surface area contributed by atoms with Crippen molar-refractivity contribution >= 4 is 23.1 Å². The van der Waals surface area contributed by atoms with E-state index in [-0.39, 0.29) is 0 Å². The number of hydrogen-bond acceptors (Lipinski definition) is 0. The summed E-state index contributed by atoms with van der Waals surface area (Å²) in [7, 11) is 0. The first-order chi connectivity index (χ1) is 15.7. The van der Waals surface area contributed by atoms with Crippen LogP contribution in [-0.2, 0) is 0 Å². The molecule has 0 saturated heterocycles. The Morgan fingerprint density at radius 1 is 0.294 bits per heavy atom. The van der Waals surface area contributed by atoms with E-state index < -0.39 is 110 Å². The Labute approximate surface area is 179 Å². The molecule has 0 spiro atoms. The van der Waals surface area contributed by atoms with Crippen LogP contribution >= 0.6 is 0 Å². The van der Waals surface area contributed by atoms with Gasteiger partial charge in [-0.15, -0.1) is 0 Å². The minimum absolute atomic E-state index is 0.321. The second kappa shape index (κ2) is 8.51. The van der Waals surface area contributed by atoms with Crippen LogP contribution in [0.1, 0.15) is 5.56 Å². The normalized spacial score (nSPS) is 11.4. The van der Waals surface area contributed by atoms with Crippen molar-refractivity contribution in [2.75, 3.05) is 0 Å². The van der Waals surface area contributed by atoms with Crippen LogP contribution in [0.15, 0.2) is 0 Å². The van der Waals surface area contributed by atoms with Gasteiger partial charge in [0.25, 0.3) is 6.71 Å². The summed E-state index contributed by atoms with van der Waals surface area (Å²) >= 11 is 0. The van der Waals surface area contributed by atoms with Gasteiger partial charge in [-0.1, -0.05) is 0 Å². The average molecular weight is 508 g/mol. The zero-order chi connectivity index (χ0) is 26.0. The van der Waals surface area contributed by atoms with E-state index >= 15 is 0 Å². The molecule has 0 heterocycles. The third kappa shape index (κ3) is 3.39. The molecule has 0 atom stereocenters. The van der Waals surface area contributed by atoms with Crippen LogP contribution in [0.2, 0.25) is 0 Å². The van der Waals surface area contributed by atoms with Crippen LogP contribution in [0.25, 0.3) is 0 Å². The highest BCUT2D eigenvalue weighted by atomic mass is 19.2. The molecule has 3 rings (SSSR count). The molecule has 0 aromatic heterocycles. The van der Waals surface area contributed by atoms with Crippen molar-refractivity contribution in [3.05, 3.63) is 87.0 Å². The third-order valence-electron chi connectivity index (χ3n) is 4.90. The maximum atomic E-state index is 14.6. The Morgan fingerprint density at radius 2 is 0.500 bits per heavy atom. The molecular formula is C19H3BF14. The minimum Gasteiger partial charge on any atom is -0.204 e. The van der Waals surface area contributed by atoms with E-state index in [2.05, 4.69) is 0 Å². The Hall–Kier alpha value is -3.26. The molecule has 180 valence electrons. The lowest BCUT2D eigenvalue weighted by molar-refractivity contribution is 0.382. The Morgan fingerprint density at radius 3 is 0.794 bits per heavy atom. The van der Waals surface area contributed by atoms with Gasteiger partial charge in [-0.05, 0) is 17.9 Å². The summed E-state index contributed by atoms with van der Waals surface area (Å²) in [6.07, 6.45) is 0. The molecule has 0 fully saturated rings. The second-order valence-corrected chi connectivity index (χ2v) is 6.69. The molecule has 0 aliphatic carbocycles. The molecule has 3 aromatic rings. The molecule has 0 saturated carbocycles. The molecule has 0 unspecified atom stereocenters. The van der Waals surface area contributed by atoms with E-state index in [0.29, 0.717) is 6.92 Å². The zero-order valence-electron chi connectivity index (χ0n) is 15.9. The van der Waals surface area contributed by atoms with Crippen molar-refractivity contribution in [3.8, 4) is 0 Å². The number of halogens is 14. The standard InChI is InChI=1S/C19H3BF14/c1-2-3(7(22)13(28)12(27)6(2)21)20(4-8(23)14(29)18(33)15(30)9(4)24)5-10(25)16(31)19(34)17(32)11(5)26/h1H3. The Balaban J connectivity index is 2.68. The Kier molecular flexibility index (Phi) is 6.35. The molecule has 0 N–H and O–H groups in total. The van der Waals surface area contributed by atoms with E-state index in [9.17, 15) is 61.5 Å². The fraction of sp³-hybridized carbons (Fsp3) is 0.0526. The van der Waals surface area contributed by atoms with E-state index in [0.717, 1.165) is 0 Å². The lowest BCUT2D eigenvalue weighted by Gasteiger charge is -2.22. The van der Waals surface area contributed by atoms with Crippen LogP contribution in [0, 0.1) is 88.4 Å². The molecule has 0 radical (unpaired) electrons. The fourth-order valence-electron chi connectivity index (χ4n) is 3.29. The summed E-state index contributed by atoms with van der Waals surface area (Å²) in [4.78, 5) is 0. The van der Waals surface area contributed by atoms with Crippen molar-refractivity contribution in [1.29, 1.82) is 0 Å². The number of rotatable bonds is 3. The van der Waals surface area contributed by atoms with Gasteiger partial charge >= 0.3 is 0 Å². The van der Waals surface area contributed by atoms with Crippen LogP contribution in [0.5, 0.6) is 0 Å². The highest BCUT2D eigenvalue weighted by molar-refractivity contribution is 6.96. The van der Waals surface area contributed by atoms with Gasteiger partial charge in [0, 0.05) is 10.9 Å². The molecule has 0 bridgehead atoms. The van der Waals surface area contributed by atoms with Gasteiger partial charge in [-0.25, -0.2) is 61.5 Å². The van der Waals surface area contributed by atoms with Gasteiger partial charge in [0.2, 0.25) is 0 Å². The summed E-state index contributed by atoms with van der Waals surface area (Å²) in [6, 6.07) is 0. The van der Waals surface area contributed by atoms with E-state index in [1.165, 1.54) is 0 Å². The van der Waals surface area contributed by atoms with Gasteiger partial charge in [-0.3, -0.25) is 0 Å². The molecule has 0 aliphatic rings. The van der Waals surface area contributed by atoms with Crippen molar-refractivity contribution in [2.45, 2.75) is 6.92 Å². The molecule has 0 amide bonds. The van der Waals surface area contributed by atoms with Gasteiger partial charge in [0.1, 0.15) is 0 Å². The summed E-state index contributed by atoms with van der Waals surface area (Å²) < 4.78 is 196. The first-order valence-corrected chi connectivity index (χ1v) is 8.51. The topological polar surface area (TPSA) is 0 Å². The average Bonchev–Trinajstić information content (AvgIpc) is 2.81. The summed E-state index contributed by atoms with van der Waals surface area (Å²) in [5, 5.41) is 0. The van der Waals surface area contributed by atoms with E-state index in [4.69, 9.17) is 0 Å². The van der Waals surface area contributed by atoms with Crippen LogP contribution in [-0.4, -0.2) is 6.71 Å². The highest BCUT2D eigenvalue weighted by Crippen LogP contribution is 2.23. The quantitative estimate of drug-likeness (QED) is 0.212. The Bertz CT molecular complexity index is 1110. The van der Waals surface area contributed by atoms with Gasteiger partial charge < -0.3 is 0 Å². The fourth-order valence-corrected chi connectivity index (χ4v) is 3.29. The SMILES string of the molecule is Cc1c(F)c(F)c(F)c(F)c1B(c1c(F)c(F)c(F)c(F)c1F)c1c(F)c(F)c(F)c(F)c1F. The minimum atomic E-state index is -3.58. The van der Waals surface area contributed by atoms with Gasteiger partial charge in [-0.2, -0.15) is 0 Å². The summed E-state index contributed by atoms with van der Waals surface area (Å²) in [5.74, 6) is -39.2. The summed E-state index contributed by atoms with van der Waals surface area (Å²) in [5.41, 5.74) is -8.43. The molecule has 0 nitrogen and oxygen atoms in total. The summed E-state index contributed by atoms with van der Waals surface area (Å²) in [6.45, 7) is -3.26.